The Bertz CT molecular complexity index is 361. The summed E-state index contributed by atoms with van der Waals surface area (Å²) in [5.74, 6) is -2.52. The van der Waals surface area contributed by atoms with Crippen LogP contribution in [0.15, 0.2) is 12.2 Å². The Hall–Kier alpha value is -1.65. The highest BCUT2D eigenvalue weighted by Gasteiger charge is 2.50. The molecule has 2 rings (SSSR count). The molecular weight excluding hydrogens is 210 g/mol. The van der Waals surface area contributed by atoms with Gasteiger partial charge in [0.2, 0.25) is 11.8 Å². The lowest BCUT2D eigenvalue weighted by molar-refractivity contribution is -0.154. The molecule has 5 heteroatoms. The Kier molecular flexibility index (Phi) is 2.53. The predicted octanol–water partition coefficient (Wildman–Crippen LogP) is 0.411. The van der Waals surface area contributed by atoms with E-state index < -0.39 is 12.0 Å². The van der Waals surface area contributed by atoms with Gasteiger partial charge in [0.15, 0.2) is 0 Å². The fraction of sp³-hybridized carbons (Fsp3) is 0.545. The van der Waals surface area contributed by atoms with Gasteiger partial charge in [0, 0.05) is 0 Å². The lowest BCUT2D eigenvalue weighted by Crippen LogP contribution is -2.43. The zero-order valence-corrected chi connectivity index (χ0v) is 8.92. The maximum Gasteiger partial charge on any atom is 0.326 e. The summed E-state index contributed by atoms with van der Waals surface area (Å²) in [6.45, 7) is 1.36. The first-order chi connectivity index (χ1) is 7.54. The molecule has 5 nitrogen and oxygen atoms in total. The van der Waals surface area contributed by atoms with Crippen LogP contribution in [-0.4, -0.2) is 33.8 Å². The van der Waals surface area contributed by atoms with Crippen molar-refractivity contribution in [2.45, 2.75) is 25.8 Å². The normalized spacial score (nSPS) is 30.4. The molecule has 0 aromatic carbocycles. The molecule has 1 N–H and O–H groups in total. The van der Waals surface area contributed by atoms with Gasteiger partial charge in [0.05, 0.1) is 11.8 Å². The molecule has 1 saturated heterocycles. The molecule has 0 aromatic rings. The molecule has 0 spiro atoms. The van der Waals surface area contributed by atoms with Crippen molar-refractivity contribution < 1.29 is 19.5 Å². The molecule has 86 valence electrons. The number of hydrogen-bond acceptors (Lipinski definition) is 3. The van der Waals surface area contributed by atoms with Crippen LogP contribution < -0.4 is 0 Å². The Morgan fingerprint density at radius 3 is 2.12 bits per heavy atom. The van der Waals surface area contributed by atoms with E-state index in [-0.39, 0.29) is 23.7 Å². The molecule has 1 aliphatic heterocycles. The maximum atomic E-state index is 11.9. The Morgan fingerprint density at radius 1 is 1.31 bits per heavy atom. The second kappa shape index (κ2) is 3.73. The molecule has 1 fully saturated rings. The number of aliphatic carboxylic acids is 1. The van der Waals surface area contributed by atoms with E-state index in [4.69, 9.17) is 5.11 Å². The van der Waals surface area contributed by atoms with Crippen LogP contribution in [0.5, 0.6) is 0 Å². The van der Waals surface area contributed by atoms with E-state index >= 15 is 0 Å². The van der Waals surface area contributed by atoms with Crippen molar-refractivity contribution in [2.24, 2.45) is 11.8 Å². The van der Waals surface area contributed by atoms with E-state index in [1.807, 2.05) is 12.2 Å². The minimum absolute atomic E-state index is 0.339. The highest BCUT2D eigenvalue weighted by Crippen LogP contribution is 2.35. The fourth-order valence-corrected chi connectivity index (χ4v) is 2.32. The largest absolute Gasteiger partial charge is 0.480 e. The van der Waals surface area contributed by atoms with Gasteiger partial charge < -0.3 is 5.11 Å². The van der Waals surface area contributed by atoms with Crippen molar-refractivity contribution in [3.05, 3.63) is 12.2 Å². The van der Waals surface area contributed by atoms with Gasteiger partial charge in [-0.3, -0.25) is 14.5 Å². The van der Waals surface area contributed by atoms with Crippen LogP contribution in [0.4, 0.5) is 0 Å². The molecule has 0 radical (unpaired) electrons. The second-order valence-corrected chi connectivity index (χ2v) is 4.22. The quantitative estimate of drug-likeness (QED) is 0.543. The average molecular weight is 223 g/mol. The van der Waals surface area contributed by atoms with Crippen LogP contribution in [-0.2, 0) is 14.4 Å². The third-order valence-corrected chi connectivity index (χ3v) is 3.29. The molecular formula is C11H13NO4. The first-order valence-electron chi connectivity index (χ1n) is 5.28. The van der Waals surface area contributed by atoms with Crippen molar-refractivity contribution in [2.75, 3.05) is 0 Å². The summed E-state index contributed by atoms with van der Waals surface area (Å²) in [5, 5.41) is 8.85. The Morgan fingerprint density at radius 2 is 1.75 bits per heavy atom. The van der Waals surface area contributed by atoms with E-state index in [1.54, 1.807) is 0 Å². The highest BCUT2D eigenvalue weighted by molar-refractivity contribution is 6.07. The molecule has 0 aromatic heterocycles. The standard InChI is InChI=1S/C11H13NO4/c1-6(11(15)16)12-9(13)7-4-2-3-5-8(7)10(12)14/h2-3,6-8H,4-5H2,1H3,(H,15,16)/t6-,7+,8+/m1/s1. The molecule has 1 heterocycles. The van der Waals surface area contributed by atoms with E-state index in [1.165, 1.54) is 6.92 Å². The number of imide groups is 1. The van der Waals surface area contributed by atoms with Gasteiger partial charge in [-0.1, -0.05) is 12.2 Å². The number of amides is 2. The van der Waals surface area contributed by atoms with Gasteiger partial charge in [0.1, 0.15) is 6.04 Å². The maximum absolute atomic E-state index is 11.9. The molecule has 1 aliphatic carbocycles. The van der Waals surface area contributed by atoms with E-state index in [0.29, 0.717) is 12.8 Å². The summed E-state index contributed by atoms with van der Waals surface area (Å²) < 4.78 is 0. The summed E-state index contributed by atoms with van der Waals surface area (Å²) in [6.07, 6.45) is 4.83. The molecule has 0 unspecified atom stereocenters. The number of carbonyl (C=O) groups is 3. The van der Waals surface area contributed by atoms with Gasteiger partial charge in [-0.15, -0.1) is 0 Å². The van der Waals surface area contributed by atoms with Gasteiger partial charge in [0.25, 0.3) is 0 Å². The monoisotopic (exact) mass is 223 g/mol. The summed E-state index contributed by atoms with van der Waals surface area (Å²) in [7, 11) is 0. The zero-order valence-electron chi connectivity index (χ0n) is 8.92. The number of allylic oxidation sites excluding steroid dienone is 2. The minimum atomic E-state index is -1.15. The SMILES string of the molecule is C[C@H](C(=O)O)N1C(=O)[C@H]2CC=CC[C@@H]2C1=O. The molecule has 0 bridgehead atoms. The first-order valence-corrected chi connectivity index (χ1v) is 5.28. The fourth-order valence-electron chi connectivity index (χ4n) is 2.32. The van der Waals surface area contributed by atoms with E-state index in [2.05, 4.69) is 0 Å². The van der Waals surface area contributed by atoms with Crippen molar-refractivity contribution in [1.29, 1.82) is 0 Å². The lowest BCUT2D eigenvalue weighted by atomic mass is 9.85. The van der Waals surface area contributed by atoms with Gasteiger partial charge in [-0.25, -0.2) is 4.79 Å². The Labute approximate surface area is 92.7 Å². The Balaban J connectivity index is 2.27. The van der Waals surface area contributed by atoms with E-state index in [9.17, 15) is 14.4 Å². The van der Waals surface area contributed by atoms with Crippen LogP contribution in [0.2, 0.25) is 0 Å². The number of carboxylic acid groups (broad SMARTS) is 1. The molecule has 2 amide bonds. The topological polar surface area (TPSA) is 74.7 Å². The second-order valence-electron chi connectivity index (χ2n) is 4.22. The van der Waals surface area contributed by atoms with Crippen LogP contribution in [0.3, 0.4) is 0 Å². The number of carboxylic acids is 1. The summed E-state index contributed by atoms with van der Waals surface area (Å²) in [4.78, 5) is 35.5. The molecule has 3 atom stereocenters. The molecule has 16 heavy (non-hydrogen) atoms. The predicted molar refractivity (Wildman–Crippen MR) is 54.3 cm³/mol. The first kappa shape index (κ1) is 10.9. The lowest BCUT2D eigenvalue weighted by Gasteiger charge is -2.18. The van der Waals surface area contributed by atoms with Gasteiger partial charge >= 0.3 is 5.97 Å². The van der Waals surface area contributed by atoms with Crippen LogP contribution >= 0.6 is 0 Å². The zero-order chi connectivity index (χ0) is 11.9. The molecule has 2 aliphatic rings. The third-order valence-electron chi connectivity index (χ3n) is 3.29. The average Bonchev–Trinajstić information content (AvgIpc) is 2.52. The van der Waals surface area contributed by atoms with E-state index in [0.717, 1.165) is 4.90 Å². The third kappa shape index (κ3) is 1.43. The summed E-state index contributed by atoms with van der Waals surface area (Å²) >= 11 is 0. The van der Waals surface area contributed by atoms with Crippen LogP contribution in [0.1, 0.15) is 19.8 Å². The number of carbonyl (C=O) groups excluding carboxylic acids is 2. The van der Waals surface area contributed by atoms with Crippen LogP contribution in [0, 0.1) is 11.8 Å². The number of nitrogens with zero attached hydrogens (tertiary/aromatic N) is 1. The van der Waals surface area contributed by atoms with Crippen molar-refractivity contribution >= 4 is 17.8 Å². The van der Waals surface area contributed by atoms with Gasteiger partial charge in [-0.05, 0) is 19.8 Å². The molecule has 0 saturated carbocycles. The number of likely N-dealkylation sites (tertiary alicyclic amines) is 1. The van der Waals surface area contributed by atoms with Gasteiger partial charge in [-0.2, -0.15) is 0 Å². The van der Waals surface area contributed by atoms with Crippen molar-refractivity contribution in [3.63, 3.8) is 0 Å². The summed E-state index contributed by atoms with van der Waals surface area (Å²) in [6, 6.07) is -1.06. The number of rotatable bonds is 2. The van der Waals surface area contributed by atoms with Crippen molar-refractivity contribution in [1.82, 2.24) is 4.90 Å². The highest BCUT2D eigenvalue weighted by atomic mass is 16.4. The number of fused-ring (bicyclic) bond motifs is 1. The van der Waals surface area contributed by atoms with Crippen LogP contribution in [0.25, 0.3) is 0 Å². The minimum Gasteiger partial charge on any atom is -0.480 e. The summed E-state index contributed by atoms with van der Waals surface area (Å²) in [5.41, 5.74) is 0. The number of hydrogen-bond donors (Lipinski definition) is 1. The smallest absolute Gasteiger partial charge is 0.326 e. The van der Waals surface area contributed by atoms with Crippen molar-refractivity contribution in [3.8, 4) is 0 Å².